The zero-order valence-corrected chi connectivity index (χ0v) is 34.9. The van der Waals surface area contributed by atoms with Crippen LogP contribution in [0.2, 0.25) is 26.2 Å². The molecule has 0 saturated heterocycles. The summed E-state index contributed by atoms with van der Waals surface area (Å²) in [5.74, 6) is 4.96. The van der Waals surface area contributed by atoms with Gasteiger partial charge in [0.1, 0.15) is 16.1 Å². The van der Waals surface area contributed by atoms with Crippen LogP contribution in [0.5, 0.6) is 0 Å². The predicted molar refractivity (Wildman–Crippen MR) is 206 cm³/mol. The number of fused-ring (bicyclic) bond motifs is 6. The molecule has 2 aliphatic rings. The summed E-state index contributed by atoms with van der Waals surface area (Å²) in [4.78, 5) is 8.16. The number of hydrogen-bond donors (Lipinski definition) is 0. The fourth-order valence-electron chi connectivity index (χ4n) is 6.98. The van der Waals surface area contributed by atoms with E-state index in [1.807, 2.05) is 36.7 Å². The Morgan fingerprint density at radius 2 is 0.860 bits per heavy atom. The van der Waals surface area contributed by atoms with Crippen molar-refractivity contribution < 1.29 is 44.8 Å². The first-order chi connectivity index (χ1) is 23.2. The van der Waals surface area contributed by atoms with Gasteiger partial charge in [-0.1, -0.05) is 99.0 Å². The molecule has 2 aromatic heterocycles. The Kier molecular flexibility index (Phi) is 13.2. The molecule has 0 saturated carbocycles. The van der Waals surface area contributed by atoms with Crippen molar-refractivity contribution in [3.05, 3.63) is 169 Å². The van der Waals surface area contributed by atoms with E-state index >= 15 is 0 Å². The predicted octanol–water partition coefficient (Wildman–Crippen LogP) is 7.11. The maximum Gasteiger partial charge on any atom is 1.00 e. The Morgan fingerprint density at radius 3 is 1.22 bits per heavy atom. The van der Waals surface area contributed by atoms with Gasteiger partial charge in [0.05, 0.1) is 0 Å². The molecule has 0 bridgehead atoms. The van der Waals surface area contributed by atoms with Crippen molar-refractivity contribution in [3.63, 3.8) is 0 Å². The summed E-state index contributed by atoms with van der Waals surface area (Å²) in [6, 6.07) is 38.1. The summed E-state index contributed by atoms with van der Waals surface area (Å²) in [6.45, 7) is 9.58. The first-order valence-electron chi connectivity index (χ1n) is 16.4. The van der Waals surface area contributed by atoms with Crippen LogP contribution in [0, 0.1) is 24.7 Å². The fourth-order valence-corrected chi connectivity index (χ4v) is 13.1. The average molecular weight is 1040 g/mol. The summed E-state index contributed by atoms with van der Waals surface area (Å²) < 4.78 is 0. The molecule has 4 aromatic carbocycles. The van der Waals surface area contributed by atoms with E-state index in [0.29, 0.717) is 0 Å². The molecule has 0 fully saturated rings. The number of hydrogen-bond acceptors (Lipinski definition) is 2. The van der Waals surface area contributed by atoms with Crippen LogP contribution in [-0.4, -0.2) is 26.1 Å². The third kappa shape index (κ3) is 8.06. The van der Waals surface area contributed by atoms with E-state index < -0.39 is 16.1 Å². The molecule has 0 N–H and O–H groups in total. The minimum absolute atomic E-state index is 0. The molecule has 6 aromatic rings. The SMILES string of the molecule is [Au+].[Au+].[C-]#Cc1ccc2c(c1)-c1ccccc1[Si]2(C)C.[C-]#Cc1ccc2c(c1)-c1ccccc1[Si]2(C)C.c1cncc(CCc2cccnc2)c1. The largest absolute Gasteiger partial charge is 1.00 e. The molecule has 2 aliphatic heterocycles. The first kappa shape index (κ1) is 39.0. The van der Waals surface area contributed by atoms with Crippen LogP contribution < -0.4 is 20.7 Å². The van der Waals surface area contributed by atoms with E-state index in [1.165, 1.54) is 54.1 Å². The topological polar surface area (TPSA) is 25.8 Å². The molecule has 0 radical (unpaired) electrons. The molecule has 6 heteroatoms. The Labute approximate surface area is 331 Å². The standard InChI is InChI=1S/2C16H13Si.C12H12N2.2Au/c2*1-4-12-9-10-16-14(11-12)13-7-5-6-8-15(13)17(16,2)3;1-3-11(9-13-7-1)5-6-12-4-2-8-14-10-12;;/h2*5-11H,2-3H3;1-4,7-10H,5-6H2;;/q2*-1;;2*+1. The maximum atomic E-state index is 7.25. The molecule has 0 amide bonds. The van der Waals surface area contributed by atoms with Crippen molar-refractivity contribution in [2.24, 2.45) is 0 Å². The van der Waals surface area contributed by atoms with Crippen LogP contribution in [0.1, 0.15) is 22.3 Å². The quantitative estimate of drug-likeness (QED) is 0.107. The van der Waals surface area contributed by atoms with Gasteiger partial charge in [0.2, 0.25) is 0 Å². The molecule has 4 heterocycles. The van der Waals surface area contributed by atoms with Crippen LogP contribution in [-0.2, 0) is 57.6 Å². The summed E-state index contributed by atoms with van der Waals surface area (Å²) in [5.41, 5.74) is 9.62. The van der Waals surface area contributed by atoms with Gasteiger partial charge < -0.3 is 12.8 Å². The molecule has 0 atom stereocenters. The zero-order valence-electron chi connectivity index (χ0n) is 28.6. The van der Waals surface area contributed by atoms with E-state index in [2.05, 4.69) is 133 Å². The maximum absolute atomic E-state index is 7.25. The number of nitrogens with zero attached hydrogens (tertiary/aromatic N) is 2. The molecule has 50 heavy (non-hydrogen) atoms. The number of aromatic nitrogens is 2. The Hall–Kier alpha value is -3.79. The van der Waals surface area contributed by atoms with Crippen molar-refractivity contribution in [2.45, 2.75) is 39.0 Å². The first-order valence-corrected chi connectivity index (χ1v) is 22.4. The van der Waals surface area contributed by atoms with Crippen molar-refractivity contribution in [3.8, 4) is 34.1 Å². The van der Waals surface area contributed by atoms with Crippen molar-refractivity contribution >= 4 is 36.9 Å². The number of aryl methyl sites for hydroxylation is 2. The Morgan fingerprint density at radius 1 is 0.480 bits per heavy atom. The zero-order chi connectivity index (χ0) is 33.7. The number of rotatable bonds is 3. The van der Waals surface area contributed by atoms with E-state index in [0.717, 1.165) is 24.0 Å². The third-order valence-electron chi connectivity index (χ3n) is 9.60. The third-order valence-corrected chi connectivity index (χ3v) is 16.7. The van der Waals surface area contributed by atoms with Crippen LogP contribution in [0.25, 0.3) is 22.3 Å². The Bertz CT molecular complexity index is 2010. The molecule has 0 spiro atoms. The summed E-state index contributed by atoms with van der Waals surface area (Å²) in [7, 11) is -3.01. The van der Waals surface area contributed by atoms with E-state index in [-0.39, 0.29) is 44.8 Å². The molecular formula is C44H38Au2N2Si2. The molecule has 2 nitrogen and oxygen atoms in total. The average Bonchev–Trinajstić information content (AvgIpc) is 3.51. The Balaban J connectivity index is 0.000000166. The number of benzene rings is 4. The van der Waals surface area contributed by atoms with E-state index in [1.54, 1.807) is 12.4 Å². The van der Waals surface area contributed by atoms with Crippen molar-refractivity contribution in [1.82, 2.24) is 9.97 Å². The monoisotopic (exact) mass is 1040 g/mol. The van der Waals surface area contributed by atoms with Crippen molar-refractivity contribution in [1.29, 1.82) is 0 Å². The van der Waals surface area contributed by atoms with Crippen LogP contribution in [0.15, 0.2) is 134 Å². The second-order valence-electron chi connectivity index (χ2n) is 13.3. The van der Waals surface area contributed by atoms with Crippen molar-refractivity contribution in [2.75, 3.05) is 0 Å². The summed E-state index contributed by atoms with van der Waals surface area (Å²) in [6.07, 6.45) is 24.0. The van der Waals surface area contributed by atoms with Crippen LogP contribution in [0.3, 0.4) is 0 Å². The molecular weight excluding hydrogens is 1010 g/mol. The summed E-state index contributed by atoms with van der Waals surface area (Å²) >= 11 is 0. The van der Waals surface area contributed by atoms with Gasteiger partial charge in [-0.25, -0.2) is 0 Å². The van der Waals surface area contributed by atoms with Gasteiger partial charge in [-0.15, -0.1) is 35.4 Å². The van der Waals surface area contributed by atoms with Gasteiger partial charge >= 0.3 is 44.8 Å². The molecule has 0 aliphatic carbocycles. The minimum Gasteiger partial charge on any atom is -0.366 e. The normalized spacial score (nSPS) is 12.9. The second kappa shape index (κ2) is 16.9. The second-order valence-corrected chi connectivity index (χ2v) is 22.0. The van der Waals surface area contributed by atoms with E-state index in [4.69, 9.17) is 12.8 Å². The van der Waals surface area contributed by atoms with E-state index in [9.17, 15) is 0 Å². The van der Waals surface area contributed by atoms with Gasteiger partial charge in [-0.2, -0.15) is 0 Å². The van der Waals surface area contributed by atoms with Gasteiger partial charge in [-0.05, 0) is 79.1 Å². The van der Waals surface area contributed by atoms with Gasteiger partial charge in [-0.3, -0.25) is 21.8 Å². The van der Waals surface area contributed by atoms with Crippen LogP contribution in [0.4, 0.5) is 0 Å². The van der Waals surface area contributed by atoms with Gasteiger partial charge in [0.25, 0.3) is 0 Å². The van der Waals surface area contributed by atoms with Gasteiger partial charge in [0.15, 0.2) is 0 Å². The van der Waals surface area contributed by atoms with Crippen LogP contribution >= 0.6 is 0 Å². The fraction of sp³-hybridized carbons (Fsp3) is 0.136. The molecule has 0 unspecified atom stereocenters. The molecule has 8 rings (SSSR count). The van der Waals surface area contributed by atoms with Gasteiger partial charge in [0, 0.05) is 24.8 Å². The smallest absolute Gasteiger partial charge is 0.366 e. The number of pyridine rings is 2. The summed E-state index contributed by atoms with van der Waals surface area (Å²) in [5, 5.41) is 5.99. The minimum atomic E-state index is -1.51. The molecule has 254 valence electrons.